The van der Waals surface area contributed by atoms with Crippen molar-refractivity contribution in [2.45, 2.75) is 60.0 Å². The summed E-state index contributed by atoms with van der Waals surface area (Å²) in [5.74, 6) is 0.612. The molecule has 0 aromatic heterocycles. The Balaban J connectivity index is 2.05. The first kappa shape index (κ1) is 21.8. The summed E-state index contributed by atoms with van der Waals surface area (Å²) in [5.41, 5.74) is 3.34. The first-order chi connectivity index (χ1) is 13.3. The molecule has 1 amide bonds. The van der Waals surface area contributed by atoms with E-state index in [-0.39, 0.29) is 23.8 Å². The zero-order chi connectivity index (χ0) is 20.8. The molecule has 1 aromatic carbocycles. The Morgan fingerprint density at radius 3 is 2.71 bits per heavy atom. The van der Waals surface area contributed by atoms with Crippen LogP contribution in [-0.2, 0) is 22.6 Å². The van der Waals surface area contributed by atoms with Crippen LogP contribution in [0.5, 0.6) is 11.5 Å². The van der Waals surface area contributed by atoms with Crippen LogP contribution in [-0.4, -0.2) is 30.6 Å². The molecule has 28 heavy (non-hydrogen) atoms. The van der Waals surface area contributed by atoms with Crippen molar-refractivity contribution in [3.63, 3.8) is 0 Å². The molecule has 0 saturated carbocycles. The lowest BCUT2D eigenvalue weighted by atomic mass is 9.94. The monoisotopic (exact) mass is 389 g/mol. The van der Waals surface area contributed by atoms with Gasteiger partial charge in [-0.05, 0) is 44.6 Å². The Labute approximate surface area is 166 Å². The van der Waals surface area contributed by atoms with Crippen molar-refractivity contribution in [3.05, 3.63) is 33.9 Å². The van der Waals surface area contributed by atoms with Gasteiger partial charge in [-0.25, -0.2) is 4.79 Å². The quantitative estimate of drug-likeness (QED) is 0.495. The number of phenols is 1. The standard InChI is InChI=1S/C22H31NO5/c1-13(2)10-11-23-18(24)9-7-14(3)6-8-16-20(25)19-17(12-28-22(19)26)15(4)21(16)27-5/h6,13,25H,7-12H2,1-5H3,(H,23,24). The van der Waals surface area contributed by atoms with E-state index in [0.29, 0.717) is 48.6 Å². The van der Waals surface area contributed by atoms with Gasteiger partial charge in [-0.1, -0.05) is 25.5 Å². The van der Waals surface area contributed by atoms with Crippen LogP contribution in [0, 0.1) is 12.8 Å². The van der Waals surface area contributed by atoms with Crippen LogP contribution in [0.4, 0.5) is 0 Å². The molecule has 0 aliphatic carbocycles. The number of benzene rings is 1. The first-order valence-electron chi connectivity index (χ1n) is 9.76. The summed E-state index contributed by atoms with van der Waals surface area (Å²) >= 11 is 0. The molecule has 1 aliphatic rings. The second-order valence-electron chi connectivity index (χ2n) is 7.70. The summed E-state index contributed by atoms with van der Waals surface area (Å²) in [4.78, 5) is 23.9. The number of amides is 1. The second kappa shape index (κ2) is 9.62. The largest absolute Gasteiger partial charge is 0.507 e. The zero-order valence-corrected chi connectivity index (χ0v) is 17.5. The molecule has 2 N–H and O–H groups in total. The van der Waals surface area contributed by atoms with Gasteiger partial charge in [-0.3, -0.25) is 4.79 Å². The SMILES string of the molecule is COc1c(C)c2c(c(O)c1CC=C(C)CCC(=O)NCCC(C)C)C(=O)OC2. The average Bonchev–Trinajstić information content (AvgIpc) is 3.03. The number of carbonyl (C=O) groups excluding carboxylic acids is 2. The smallest absolute Gasteiger partial charge is 0.342 e. The number of allylic oxidation sites excluding steroid dienone is 2. The molecular weight excluding hydrogens is 358 g/mol. The summed E-state index contributed by atoms with van der Waals surface area (Å²) < 4.78 is 10.6. The molecule has 0 atom stereocenters. The Bertz CT molecular complexity index is 780. The van der Waals surface area contributed by atoms with E-state index in [4.69, 9.17) is 9.47 Å². The van der Waals surface area contributed by atoms with Crippen molar-refractivity contribution < 1.29 is 24.2 Å². The molecule has 0 bridgehead atoms. The molecule has 1 aliphatic heterocycles. The predicted octanol–water partition coefficient (Wildman–Crippen LogP) is 3.81. The Morgan fingerprint density at radius 2 is 2.07 bits per heavy atom. The van der Waals surface area contributed by atoms with Gasteiger partial charge in [0.2, 0.25) is 5.91 Å². The molecule has 0 unspecified atom stereocenters. The Morgan fingerprint density at radius 1 is 1.36 bits per heavy atom. The van der Waals surface area contributed by atoms with Gasteiger partial charge in [-0.15, -0.1) is 0 Å². The minimum absolute atomic E-state index is 0.0462. The number of hydrogen-bond acceptors (Lipinski definition) is 5. The molecule has 1 heterocycles. The minimum Gasteiger partial charge on any atom is -0.507 e. The van der Waals surface area contributed by atoms with Gasteiger partial charge in [0.15, 0.2) is 0 Å². The van der Waals surface area contributed by atoms with Gasteiger partial charge in [0, 0.05) is 24.1 Å². The number of rotatable bonds is 9. The number of nitrogens with one attached hydrogen (secondary N) is 1. The van der Waals surface area contributed by atoms with Crippen molar-refractivity contribution >= 4 is 11.9 Å². The summed E-state index contributed by atoms with van der Waals surface area (Å²) in [5, 5.41) is 13.5. The number of phenolic OH excluding ortho intramolecular Hbond substituents is 1. The highest BCUT2D eigenvalue weighted by Crippen LogP contribution is 2.42. The molecule has 154 valence electrons. The van der Waals surface area contributed by atoms with Crippen molar-refractivity contribution in [2.24, 2.45) is 5.92 Å². The zero-order valence-electron chi connectivity index (χ0n) is 17.5. The molecule has 6 heteroatoms. The normalized spacial score (nSPS) is 13.5. The lowest BCUT2D eigenvalue weighted by Crippen LogP contribution is -2.24. The minimum atomic E-state index is -0.502. The van der Waals surface area contributed by atoms with Crippen LogP contribution in [0.25, 0.3) is 0 Å². The highest BCUT2D eigenvalue weighted by Gasteiger charge is 2.31. The van der Waals surface area contributed by atoms with E-state index in [1.54, 1.807) is 7.11 Å². The number of methoxy groups -OCH3 is 1. The van der Waals surface area contributed by atoms with E-state index >= 15 is 0 Å². The van der Waals surface area contributed by atoms with Crippen LogP contribution in [0.2, 0.25) is 0 Å². The highest BCUT2D eigenvalue weighted by atomic mass is 16.5. The van der Waals surface area contributed by atoms with E-state index in [9.17, 15) is 14.7 Å². The molecule has 0 radical (unpaired) electrons. The highest BCUT2D eigenvalue weighted by molar-refractivity contribution is 5.98. The molecule has 0 saturated heterocycles. The maximum absolute atomic E-state index is 12.0. The maximum atomic E-state index is 12.0. The summed E-state index contributed by atoms with van der Waals surface area (Å²) in [6.07, 6.45) is 4.42. The summed E-state index contributed by atoms with van der Waals surface area (Å²) in [7, 11) is 1.55. The topological polar surface area (TPSA) is 84.9 Å². The maximum Gasteiger partial charge on any atom is 0.342 e. The predicted molar refractivity (Wildman–Crippen MR) is 108 cm³/mol. The number of cyclic esters (lactones) is 1. The van der Waals surface area contributed by atoms with E-state index in [1.807, 2.05) is 19.9 Å². The molecule has 6 nitrogen and oxygen atoms in total. The number of esters is 1. The number of aromatic hydroxyl groups is 1. The van der Waals surface area contributed by atoms with Crippen molar-refractivity contribution in [1.29, 1.82) is 0 Å². The van der Waals surface area contributed by atoms with Crippen LogP contribution < -0.4 is 10.1 Å². The first-order valence-corrected chi connectivity index (χ1v) is 9.76. The van der Waals surface area contributed by atoms with Crippen LogP contribution >= 0.6 is 0 Å². The fraction of sp³-hybridized carbons (Fsp3) is 0.545. The van der Waals surface area contributed by atoms with Crippen molar-refractivity contribution in [3.8, 4) is 11.5 Å². The van der Waals surface area contributed by atoms with E-state index in [1.165, 1.54) is 0 Å². The van der Waals surface area contributed by atoms with Crippen molar-refractivity contribution in [1.82, 2.24) is 5.32 Å². The third-order valence-corrected chi connectivity index (χ3v) is 5.09. The lowest BCUT2D eigenvalue weighted by molar-refractivity contribution is -0.121. The summed E-state index contributed by atoms with van der Waals surface area (Å²) in [6, 6.07) is 0. The molecule has 0 spiro atoms. The van der Waals surface area contributed by atoms with Crippen LogP contribution in [0.15, 0.2) is 11.6 Å². The van der Waals surface area contributed by atoms with E-state index in [0.717, 1.165) is 17.6 Å². The molecular formula is C22H31NO5. The number of fused-ring (bicyclic) bond motifs is 1. The lowest BCUT2D eigenvalue weighted by Gasteiger charge is -2.15. The van der Waals surface area contributed by atoms with Crippen LogP contribution in [0.1, 0.15) is 67.1 Å². The van der Waals surface area contributed by atoms with Crippen molar-refractivity contribution in [2.75, 3.05) is 13.7 Å². The third-order valence-electron chi connectivity index (χ3n) is 5.09. The van der Waals surface area contributed by atoms with E-state index in [2.05, 4.69) is 19.2 Å². The fourth-order valence-corrected chi connectivity index (χ4v) is 3.31. The van der Waals surface area contributed by atoms with Gasteiger partial charge < -0.3 is 19.9 Å². The molecule has 0 fully saturated rings. The van der Waals surface area contributed by atoms with Crippen LogP contribution in [0.3, 0.4) is 0 Å². The Hall–Kier alpha value is -2.50. The van der Waals surface area contributed by atoms with Gasteiger partial charge in [0.05, 0.1) is 7.11 Å². The third kappa shape index (κ3) is 5.06. The van der Waals surface area contributed by atoms with Gasteiger partial charge in [0.25, 0.3) is 0 Å². The molecule has 2 rings (SSSR count). The second-order valence-corrected chi connectivity index (χ2v) is 7.70. The Kier molecular flexibility index (Phi) is 7.49. The number of hydrogen-bond donors (Lipinski definition) is 2. The summed E-state index contributed by atoms with van der Waals surface area (Å²) in [6.45, 7) is 8.94. The van der Waals surface area contributed by atoms with Gasteiger partial charge >= 0.3 is 5.97 Å². The number of carbonyl (C=O) groups is 2. The fourth-order valence-electron chi connectivity index (χ4n) is 3.31. The molecule has 1 aromatic rings. The van der Waals surface area contributed by atoms with Gasteiger partial charge in [-0.2, -0.15) is 0 Å². The van der Waals surface area contributed by atoms with E-state index < -0.39 is 5.97 Å². The number of ether oxygens (including phenoxy) is 2. The van der Waals surface area contributed by atoms with Gasteiger partial charge in [0.1, 0.15) is 23.7 Å². The average molecular weight is 389 g/mol.